The van der Waals surface area contributed by atoms with E-state index in [9.17, 15) is 5.11 Å². The predicted molar refractivity (Wildman–Crippen MR) is 203 cm³/mol. The SMILES string of the molecule is C/C=C(\N)c1ccc(-c2ccccc2)cc1.C=C/C(=C\C=C/C)c1cccc(Cc2ccccc2)c1.CCCC(C)(C)C(C)(C)O. The van der Waals surface area contributed by atoms with Gasteiger partial charge in [-0.3, -0.25) is 0 Å². The lowest BCUT2D eigenvalue weighted by atomic mass is 9.74. The Hall–Kier alpha value is -4.40. The molecule has 0 amide bonds. The molecule has 0 aliphatic rings. The Bertz CT molecular complexity index is 1530. The maximum Gasteiger partial charge on any atom is 0.0642 e. The van der Waals surface area contributed by atoms with Gasteiger partial charge < -0.3 is 10.8 Å². The minimum Gasteiger partial charge on any atom is -0.399 e. The number of aliphatic hydroxyl groups is 1. The fourth-order valence-electron chi connectivity index (χ4n) is 4.76. The van der Waals surface area contributed by atoms with Crippen molar-refractivity contribution in [1.82, 2.24) is 0 Å². The molecule has 0 unspecified atom stereocenters. The van der Waals surface area contributed by atoms with Crippen molar-refractivity contribution < 1.29 is 5.11 Å². The second-order valence-electron chi connectivity index (χ2n) is 12.6. The number of hydrogen-bond donors (Lipinski definition) is 2. The number of allylic oxidation sites excluding steroid dienone is 6. The van der Waals surface area contributed by atoms with Crippen LogP contribution in [0.2, 0.25) is 0 Å². The third-order valence-electron chi connectivity index (χ3n) is 8.37. The Balaban J connectivity index is 0.000000254. The maximum absolute atomic E-state index is 9.68. The first kappa shape index (κ1) is 37.8. The highest BCUT2D eigenvalue weighted by Gasteiger charge is 2.33. The van der Waals surface area contributed by atoms with Crippen LogP contribution in [-0.2, 0) is 6.42 Å². The summed E-state index contributed by atoms with van der Waals surface area (Å²) in [7, 11) is 0. The summed E-state index contributed by atoms with van der Waals surface area (Å²) in [4.78, 5) is 0. The fourth-order valence-corrected chi connectivity index (χ4v) is 4.76. The number of nitrogens with two attached hydrogens (primary N) is 1. The van der Waals surface area contributed by atoms with Crippen LogP contribution in [0.15, 0.2) is 146 Å². The monoisotopic (exact) mass is 613 g/mol. The summed E-state index contributed by atoms with van der Waals surface area (Å²) in [5.74, 6) is 0. The number of rotatable bonds is 10. The molecule has 0 radical (unpaired) electrons. The molecule has 3 N–H and O–H groups in total. The molecule has 4 aromatic rings. The van der Waals surface area contributed by atoms with Gasteiger partial charge in [0.05, 0.1) is 5.60 Å². The van der Waals surface area contributed by atoms with E-state index in [1.807, 2.05) is 70.2 Å². The van der Waals surface area contributed by atoms with Gasteiger partial charge >= 0.3 is 0 Å². The van der Waals surface area contributed by atoms with Crippen molar-refractivity contribution in [3.63, 3.8) is 0 Å². The van der Waals surface area contributed by atoms with E-state index in [1.54, 1.807) is 0 Å². The van der Waals surface area contributed by atoms with E-state index in [0.29, 0.717) is 0 Å². The molecule has 2 nitrogen and oxygen atoms in total. The van der Waals surface area contributed by atoms with Gasteiger partial charge in [0.2, 0.25) is 0 Å². The van der Waals surface area contributed by atoms with Crippen molar-refractivity contribution in [3.8, 4) is 11.1 Å². The van der Waals surface area contributed by atoms with Crippen molar-refractivity contribution in [3.05, 3.63) is 168 Å². The van der Waals surface area contributed by atoms with E-state index in [0.717, 1.165) is 36.1 Å². The molecule has 4 aromatic carbocycles. The second kappa shape index (κ2) is 19.2. The van der Waals surface area contributed by atoms with Gasteiger partial charge in [-0.25, -0.2) is 0 Å². The van der Waals surface area contributed by atoms with Crippen LogP contribution in [-0.4, -0.2) is 10.7 Å². The third kappa shape index (κ3) is 12.5. The van der Waals surface area contributed by atoms with E-state index in [-0.39, 0.29) is 5.41 Å². The first-order chi connectivity index (χ1) is 21.9. The fraction of sp³-hybridized carbons (Fsp3) is 0.273. The van der Waals surface area contributed by atoms with Crippen LogP contribution >= 0.6 is 0 Å². The molecule has 242 valence electrons. The van der Waals surface area contributed by atoms with Gasteiger partial charge in [-0.05, 0) is 84.9 Å². The molecule has 0 atom stereocenters. The predicted octanol–water partition coefficient (Wildman–Crippen LogP) is 11.7. The summed E-state index contributed by atoms with van der Waals surface area (Å²) < 4.78 is 0. The normalized spacial score (nSPS) is 12.1. The molecular weight excluding hydrogens is 558 g/mol. The van der Waals surface area contributed by atoms with Gasteiger partial charge in [0.15, 0.2) is 0 Å². The largest absolute Gasteiger partial charge is 0.399 e. The van der Waals surface area contributed by atoms with Gasteiger partial charge in [-0.2, -0.15) is 0 Å². The van der Waals surface area contributed by atoms with Crippen molar-refractivity contribution in [1.29, 1.82) is 0 Å². The van der Waals surface area contributed by atoms with Crippen molar-refractivity contribution >= 4 is 11.3 Å². The summed E-state index contributed by atoms with van der Waals surface area (Å²) in [5.41, 5.74) is 14.7. The Morgan fingerprint density at radius 2 is 1.30 bits per heavy atom. The summed E-state index contributed by atoms with van der Waals surface area (Å²) in [5, 5.41) is 9.68. The van der Waals surface area contributed by atoms with Crippen LogP contribution in [0.3, 0.4) is 0 Å². The lowest BCUT2D eigenvalue weighted by molar-refractivity contribution is -0.0396. The highest BCUT2D eigenvalue weighted by atomic mass is 16.3. The van der Waals surface area contributed by atoms with Crippen LogP contribution in [0.1, 0.15) is 83.6 Å². The van der Waals surface area contributed by atoms with E-state index in [2.05, 4.69) is 124 Å². The Morgan fingerprint density at radius 3 is 1.80 bits per heavy atom. The van der Waals surface area contributed by atoms with Gasteiger partial charge in [-0.15, -0.1) is 0 Å². The molecule has 4 rings (SSSR count). The number of hydrogen-bond acceptors (Lipinski definition) is 2. The highest BCUT2D eigenvalue weighted by Crippen LogP contribution is 2.34. The van der Waals surface area contributed by atoms with Crippen molar-refractivity contribution in [2.45, 2.75) is 73.3 Å². The molecule has 0 aromatic heterocycles. The lowest BCUT2D eigenvalue weighted by Gasteiger charge is -2.37. The van der Waals surface area contributed by atoms with Crippen LogP contribution in [0.5, 0.6) is 0 Å². The summed E-state index contributed by atoms with van der Waals surface area (Å²) in [6.07, 6.45) is 13.2. The molecule has 0 saturated heterocycles. The molecule has 0 fully saturated rings. The Labute approximate surface area is 279 Å². The first-order valence-electron chi connectivity index (χ1n) is 16.3. The molecular formula is C44H55NO. The topological polar surface area (TPSA) is 46.2 Å². The zero-order valence-corrected chi connectivity index (χ0v) is 29.1. The van der Waals surface area contributed by atoms with Gasteiger partial charge in [0.1, 0.15) is 0 Å². The second-order valence-corrected chi connectivity index (χ2v) is 12.6. The van der Waals surface area contributed by atoms with E-state index in [1.165, 1.54) is 27.8 Å². The Kier molecular flexibility index (Phi) is 15.8. The summed E-state index contributed by atoms with van der Waals surface area (Å²) in [6, 6.07) is 37.8. The average Bonchev–Trinajstić information content (AvgIpc) is 3.06. The molecule has 0 heterocycles. The maximum atomic E-state index is 9.68. The number of benzene rings is 4. The first-order valence-corrected chi connectivity index (χ1v) is 16.3. The highest BCUT2D eigenvalue weighted by molar-refractivity contribution is 5.75. The molecule has 0 bridgehead atoms. The van der Waals surface area contributed by atoms with Gasteiger partial charge in [-0.1, -0.05) is 173 Å². The summed E-state index contributed by atoms with van der Waals surface area (Å²) >= 11 is 0. The minimum atomic E-state index is -0.553. The standard InChI is InChI=1S/C20H20.C15H15N.C9H20O/c1-3-5-13-19(4-2)20-14-9-12-18(16-20)15-17-10-7-6-8-11-17;1-2-15(16)14-10-8-13(9-11-14)12-6-4-3-5-7-12;1-6-7-8(2,3)9(4,5)10/h3-14,16H,2,15H2,1H3;2-11H,16H2,1H3;10H,6-7H2,1-5H3/b5-3-,19-13+;15-2-;. The zero-order valence-electron chi connectivity index (χ0n) is 29.1. The molecule has 0 aliphatic carbocycles. The zero-order chi connectivity index (χ0) is 34.0. The van der Waals surface area contributed by atoms with Crippen molar-refractivity contribution in [2.24, 2.45) is 11.1 Å². The van der Waals surface area contributed by atoms with Crippen LogP contribution < -0.4 is 5.73 Å². The van der Waals surface area contributed by atoms with E-state index < -0.39 is 5.60 Å². The average molecular weight is 614 g/mol. The Morgan fingerprint density at radius 1 is 0.739 bits per heavy atom. The van der Waals surface area contributed by atoms with Gasteiger partial charge in [0, 0.05) is 5.70 Å². The van der Waals surface area contributed by atoms with Crippen molar-refractivity contribution in [2.75, 3.05) is 0 Å². The van der Waals surface area contributed by atoms with Crippen LogP contribution in [0.4, 0.5) is 0 Å². The summed E-state index contributed by atoms with van der Waals surface area (Å²) in [6.45, 7) is 18.0. The molecule has 0 spiro atoms. The third-order valence-corrected chi connectivity index (χ3v) is 8.37. The molecule has 0 saturated carbocycles. The minimum absolute atomic E-state index is 0.0434. The molecule has 2 heteroatoms. The molecule has 0 aliphatic heterocycles. The van der Waals surface area contributed by atoms with E-state index in [4.69, 9.17) is 5.73 Å². The van der Waals surface area contributed by atoms with Crippen LogP contribution in [0, 0.1) is 5.41 Å². The smallest absolute Gasteiger partial charge is 0.0642 e. The van der Waals surface area contributed by atoms with E-state index >= 15 is 0 Å². The molecule has 46 heavy (non-hydrogen) atoms. The van der Waals surface area contributed by atoms with Gasteiger partial charge in [0.25, 0.3) is 0 Å². The lowest BCUT2D eigenvalue weighted by Crippen LogP contribution is -2.38. The van der Waals surface area contributed by atoms with Crippen LogP contribution in [0.25, 0.3) is 22.4 Å². The quantitative estimate of drug-likeness (QED) is 0.175.